The van der Waals surface area contributed by atoms with Crippen LogP contribution in [0.3, 0.4) is 0 Å². The molecule has 1 fully saturated rings. The van der Waals surface area contributed by atoms with Crippen LogP contribution in [-0.2, 0) is 4.79 Å². The summed E-state index contributed by atoms with van der Waals surface area (Å²) in [4.78, 5) is 14.6. The average molecular weight is 389 g/mol. The van der Waals surface area contributed by atoms with Crippen molar-refractivity contribution in [1.82, 2.24) is 0 Å². The molecule has 2 N–H and O–H groups in total. The lowest BCUT2D eigenvalue weighted by molar-refractivity contribution is -0.113. The monoisotopic (exact) mass is 388 g/mol. The number of aromatic hydroxyl groups is 1. The molecule has 7 heteroatoms. The molecule has 1 amide bonds. The summed E-state index contributed by atoms with van der Waals surface area (Å²) in [5, 5.41) is 18.3. The lowest BCUT2D eigenvalue weighted by Gasteiger charge is -2.15. The van der Waals surface area contributed by atoms with Gasteiger partial charge in [-0.3, -0.25) is 15.1 Å². The van der Waals surface area contributed by atoms with Crippen LogP contribution in [-0.4, -0.2) is 23.3 Å². The predicted molar refractivity (Wildman–Crippen MR) is 106 cm³/mol. The first kappa shape index (κ1) is 18.4. The summed E-state index contributed by atoms with van der Waals surface area (Å²) in [6.45, 7) is 3.97. The molecule has 1 heterocycles. The van der Waals surface area contributed by atoms with Crippen molar-refractivity contribution in [3.8, 4) is 11.5 Å². The minimum atomic E-state index is -0.272. The highest BCUT2D eigenvalue weighted by atomic mass is 35.5. The summed E-state index contributed by atoms with van der Waals surface area (Å²) in [7, 11) is 1.43. The van der Waals surface area contributed by atoms with Crippen LogP contribution in [0.15, 0.2) is 35.2 Å². The highest BCUT2D eigenvalue weighted by Gasteiger charge is 2.33. The van der Waals surface area contributed by atoms with E-state index in [1.807, 2.05) is 32.0 Å². The second-order valence-corrected chi connectivity index (χ2v) is 7.32. The van der Waals surface area contributed by atoms with E-state index in [0.717, 1.165) is 22.9 Å². The second kappa shape index (κ2) is 7.05. The molecule has 0 atom stereocenters. The maximum atomic E-state index is 12.8. The van der Waals surface area contributed by atoms with Crippen LogP contribution in [0.5, 0.6) is 11.5 Å². The van der Waals surface area contributed by atoms with Gasteiger partial charge in [0.15, 0.2) is 16.7 Å². The number of thioether (sulfide) groups is 1. The number of amides is 1. The smallest absolute Gasteiger partial charge is 0.271 e. The molecule has 5 nitrogen and oxygen atoms in total. The average Bonchev–Trinajstić information content (AvgIpc) is 2.87. The van der Waals surface area contributed by atoms with E-state index >= 15 is 0 Å². The van der Waals surface area contributed by atoms with Crippen molar-refractivity contribution < 1.29 is 14.6 Å². The summed E-state index contributed by atoms with van der Waals surface area (Å²) >= 11 is 7.08. The summed E-state index contributed by atoms with van der Waals surface area (Å²) in [6, 6.07) is 8.79. The number of phenols is 1. The lowest BCUT2D eigenvalue weighted by atomic mass is 10.1. The molecule has 0 radical (unpaired) electrons. The van der Waals surface area contributed by atoms with E-state index in [9.17, 15) is 9.90 Å². The number of aryl methyl sites for hydroxylation is 2. The van der Waals surface area contributed by atoms with Gasteiger partial charge in [-0.25, -0.2) is 0 Å². The number of phenolic OH excluding ortho intramolecular Hbond substituents is 1. The normalized spacial score (nSPS) is 15.8. The fourth-order valence-corrected chi connectivity index (χ4v) is 3.65. The van der Waals surface area contributed by atoms with Crippen LogP contribution in [0.25, 0.3) is 6.08 Å². The Morgan fingerprint density at radius 2 is 1.96 bits per heavy atom. The first-order chi connectivity index (χ1) is 12.3. The minimum Gasteiger partial charge on any atom is -0.503 e. The molecule has 0 spiro atoms. The van der Waals surface area contributed by atoms with E-state index < -0.39 is 0 Å². The molecule has 0 saturated carbocycles. The van der Waals surface area contributed by atoms with Crippen molar-refractivity contribution in [3.63, 3.8) is 0 Å². The quantitative estimate of drug-likeness (QED) is 0.745. The second-order valence-electron chi connectivity index (χ2n) is 5.88. The Bertz CT molecular complexity index is 956. The maximum Gasteiger partial charge on any atom is 0.271 e. The molecule has 134 valence electrons. The summed E-state index contributed by atoms with van der Waals surface area (Å²) in [6.07, 6.45) is 1.64. The number of halogens is 1. The molecule has 1 saturated heterocycles. The molecule has 2 aromatic rings. The van der Waals surface area contributed by atoms with Crippen molar-refractivity contribution >= 4 is 46.2 Å². The highest BCUT2D eigenvalue weighted by Crippen LogP contribution is 2.39. The predicted octanol–water partition coefficient (Wildman–Crippen LogP) is 4.73. The number of hydrogen-bond donors (Lipinski definition) is 2. The number of amidine groups is 1. The topological polar surface area (TPSA) is 73.6 Å². The largest absolute Gasteiger partial charge is 0.503 e. The molecule has 0 bridgehead atoms. The summed E-state index contributed by atoms with van der Waals surface area (Å²) in [5.74, 6) is -0.196. The van der Waals surface area contributed by atoms with Crippen molar-refractivity contribution in [2.24, 2.45) is 0 Å². The summed E-state index contributed by atoms with van der Waals surface area (Å²) < 4.78 is 5.09. The van der Waals surface area contributed by atoms with Gasteiger partial charge in [0, 0.05) is 0 Å². The maximum absolute atomic E-state index is 12.8. The Morgan fingerprint density at radius 1 is 1.23 bits per heavy atom. The number of carbonyl (C=O) groups is 1. The van der Waals surface area contributed by atoms with E-state index in [2.05, 4.69) is 0 Å². The van der Waals surface area contributed by atoms with Crippen LogP contribution >= 0.6 is 23.4 Å². The molecule has 0 aromatic heterocycles. The first-order valence-electron chi connectivity index (χ1n) is 7.78. The van der Waals surface area contributed by atoms with Gasteiger partial charge >= 0.3 is 0 Å². The molecular formula is C19H17ClN2O3S. The first-order valence-corrected chi connectivity index (χ1v) is 8.97. The number of nitrogens with zero attached hydrogens (tertiary/aromatic N) is 1. The van der Waals surface area contributed by atoms with Crippen molar-refractivity contribution in [3.05, 3.63) is 56.9 Å². The van der Waals surface area contributed by atoms with Gasteiger partial charge in [0.2, 0.25) is 0 Å². The van der Waals surface area contributed by atoms with Gasteiger partial charge in [-0.2, -0.15) is 0 Å². The Morgan fingerprint density at radius 3 is 2.62 bits per heavy atom. The third-order valence-electron chi connectivity index (χ3n) is 4.14. The van der Waals surface area contributed by atoms with Gasteiger partial charge in [-0.05, 0) is 72.6 Å². The molecule has 1 aliphatic rings. The SMILES string of the molecule is COc1cc(C=C2SC(=N)N(c3ccc(C)c(C)c3)C2=O)cc(Cl)c1O. The molecule has 0 aliphatic carbocycles. The highest BCUT2D eigenvalue weighted by molar-refractivity contribution is 8.19. The molecule has 26 heavy (non-hydrogen) atoms. The zero-order chi connectivity index (χ0) is 19.0. The molecule has 3 rings (SSSR count). The van der Waals surface area contributed by atoms with Crippen LogP contribution in [0, 0.1) is 19.3 Å². The molecular weight excluding hydrogens is 372 g/mol. The van der Waals surface area contributed by atoms with Crippen molar-refractivity contribution in [1.29, 1.82) is 5.41 Å². The van der Waals surface area contributed by atoms with Gasteiger partial charge in [0.05, 0.1) is 22.7 Å². The number of anilines is 1. The molecule has 0 unspecified atom stereocenters. The zero-order valence-corrected chi connectivity index (χ0v) is 16.0. The number of carbonyl (C=O) groups excluding carboxylic acids is 1. The van der Waals surface area contributed by atoms with E-state index in [0.29, 0.717) is 16.2 Å². The lowest BCUT2D eigenvalue weighted by Crippen LogP contribution is -2.28. The van der Waals surface area contributed by atoms with Crippen molar-refractivity contribution in [2.45, 2.75) is 13.8 Å². The molecule has 2 aromatic carbocycles. The van der Waals surface area contributed by atoms with Crippen LogP contribution < -0.4 is 9.64 Å². The van der Waals surface area contributed by atoms with E-state index in [1.54, 1.807) is 18.2 Å². The Labute approximate surface area is 160 Å². The van der Waals surface area contributed by atoms with Crippen LogP contribution in [0.2, 0.25) is 5.02 Å². The fourth-order valence-electron chi connectivity index (χ4n) is 2.57. The van der Waals surface area contributed by atoms with Gasteiger partial charge in [0.25, 0.3) is 5.91 Å². The number of nitrogens with one attached hydrogen (secondary N) is 1. The van der Waals surface area contributed by atoms with Gasteiger partial charge in [-0.1, -0.05) is 17.7 Å². The number of methoxy groups -OCH3 is 1. The van der Waals surface area contributed by atoms with Crippen LogP contribution in [0.4, 0.5) is 5.69 Å². The standard InChI is InChI=1S/C19H17ClN2O3S/c1-10-4-5-13(6-11(10)2)22-18(24)16(26-19(22)21)9-12-7-14(20)17(23)15(8-12)25-3/h4-9,21,23H,1-3H3. The number of rotatable bonds is 3. The fraction of sp³-hybridized carbons (Fsp3) is 0.158. The van der Waals surface area contributed by atoms with Crippen molar-refractivity contribution in [2.75, 3.05) is 12.0 Å². The van der Waals surface area contributed by atoms with E-state index in [-0.39, 0.29) is 27.6 Å². The van der Waals surface area contributed by atoms with E-state index in [1.165, 1.54) is 12.0 Å². The third-order valence-corrected chi connectivity index (χ3v) is 5.32. The van der Waals surface area contributed by atoms with Gasteiger partial charge in [0.1, 0.15) is 0 Å². The number of hydrogen-bond acceptors (Lipinski definition) is 5. The third kappa shape index (κ3) is 3.30. The zero-order valence-electron chi connectivity index (χ0n) is 14.5. The minimum absolute atomic E-state index is 0.132. The molecule has 1 aliphatic heterocycles. The number of ether oxygens (including phenoxy) is 1. The van der Waals surface area contributed by atoms with Gasteiger partial charge < -0.3 is 9.84 Å². The van der Waals surface area contributed by atoms with Crippen LogP contribution in [0.1, 0.15) is 16.7 Å². The van der Waals surface area contributed by atoms with E-state index in [4.69, 9.17) is 21.7 Å². The summed E-state index contributed by atoms with van der Waals surface area (Å²) in [5.41, 5.74) is 3.46. The Balaban J connectivity index is 1.97. The number of benzene rings is 2. The Hall–Kier alpha value is -2.44. The Kier molecular flexibility index (Phi) is 4.98. The van der Waals surface area contributed by atoms with Gasteiger partial charge in [-0.15, -0.1) is 0 Å².